The van der Waals surface area contributed by atoms with Crippen molar-refractivity contribution in [2.45, 2.75) is 38.6 Å². The van der Waals surface area contributed by atoms with E-state index in [2.05, 4.69) is 22.3 Å². The molecule has 2 aromatic rings. The Morgan fingerprint density at radius 3 is 3.11 bits per heavy atom. The number of carbonyl (C=O) groups excluding carboxylic acids is 1. The van der Waals surface area contributed by atoms with E-state index < -0.39 is 0 Å². The zero-order valence-corrected chi connectivity index (χ0v) is 11.0. The lowest BCUT2D eigenvalue weighted by atomic mass is 9.86. The second kappa shape index (κ2) is 4.99. The van der Waals surface area contributed by atoms with Crippen molar-refractivity contribution in [3.05, 3.63) is 30.2 Å². The van der Waals surface area contributed by atoms with Crippen LogP contribution < -0.4 is 5.32 Å². The molecule has 5 heteroatoms. The summed E-state index contributed by atoms with van der Waals surface area (Å²) in [6.07, 6.45) is 9.79. The van der Waals surface area contributed by atoms with E-state index in [1.807, 2.05) is 0 Å². The third-order valence-corrected chi connectivity index (χ3v) is 3.95. The number of nitrogens with one attached hydrogen (secondary N) is 1. The first-order valence-electron chi connectivity index (χ1n) is 6.85. The van der Waals surface area contributed by atoms with Crippen molar-refractivity contribution >= 4 is 11.6 Å². The average Bonchev–Trinajstić information content (AvgIpc) is 2.85. The normalized spacial score (nSPS) is 23.4. The minimum absolute atomic E-state index is 0.0625. The number of fused-ring (bicyclic) bond motifs is 1. The van der Waals surface area contributed by atoms with Gasteiger partial charge in [0.25, 0.3) is 5.91 Å². The Balaban J connectivity index is 1.80. The molecule has 0 aliphatic heterocycles. The van der Waals surface area contributed by atoms with Crippen LogP contribution in [0.5, 0.6) is 0 Å². The summed E-state index contributed by atoms with van der Waals surface area (Å²) in [4.78, 5) is 16.5. The molecular formula is C14H18N4O. The van der Waals surface area contributed by atoms with Gasteiger partial charge in [-0.25, -0.2) is 9.50 Å². The first-order chi connectivity index (χ1) is 9.25. The number of hydrogen-bond acceptors (Lipinski definition) is 3. The molecule has 5 nitrogen and oxygen atoms in total. The highest BCUT2D eigenvalue weighted by Crippen LogP contribution is 2.24. The van der Waals surface area contributed by atoms with Crippen LogP contribution in [-0.2, 0) is 0 Å². The lowest BCUT2D eigenvalue weighted by Crippen LogP contribution is -2.41. The molecule has 1 N–H and O–H groups in total. The van der Waals surface area contributed by atoms with Crippen LogP contribution in [0.3, 0.4) is 0 Å². The fourth-order valence-electron chi connectivity index (χ4n) is 2.76. The highest BCUT2D eigenvalue weighted by Gasteiger charge is 2.24. The van der Waals surface area contributed by atoms with Crippen LogP contribution in [0.1, 0.15) is 43.0 Å². The molecule has 19 heavy (non-hydrogen) atoms. The Hall–Kier alpha value is -1.91. The molecule has 1 saturated carbocycles. The van der Waals surface area contributed by atoms with E-state index in [-0.39, 0.29) is 11.9 Å². The topological polar surface area (TPSA) is 59.3 Å². The van der Waals surface area contributed by atoms with Crippen molar-refractivity contribution in [2.24, 2.45) is 5.92 Å². The predicted octanol–water partition coefficient (Wildman–Crippen LogP) is 2.04. The van der Waals surface area contributed by atoms with Crippen LogP contribution in [0.2, 0.25) is 0 Å². The maximum Gasteiger partial charge on any atom is 0.256 e. The standard InChI is InChI=1S/C14H18N4O/c1-10-5-2-3-6-12(10)17-14(19)11-9-16-18-8-4-7-15-13(11)18/h4,7-10,12H,2-3,5-6H2,1H3,(H,17,19)/t10-,12-/m1/s1. The molecule has 2 aromatic heterocycles. The van der Waals surface area contributed by atoms with Gasteiger partial charge in [-0.05, 0) is 24.8 Å². The van der Waals surface area contributed by atoms with Gasteiger partial charge in [0.05, 0.1) is 6.20 Å². The fraction of sp³-hybridized carbons (Fsp3) is 0.500. The number of hydrogen-bond donors (Lipinski definition) is 1. The Morgan fingerprint density at radius 1 is 1.42 bits per heavy atom. The van der Waals surface area contributed by atoms with Crippen LogP contribution in [-0.4, -0.2) is 26.5 Å². The summed E-state index contributed by atoms with van der Waals surface area (Å²) in [5.41, 5.74) is 1.17. The summed E-state index contributed by atoms with van der Waals surface area (Å²) in [6.45, 7) is 2.21. The number of rotatable bonds is 2. The highest BCUT2D eigenvalue weighted by molar-refractivity contribution is 5.99. The largest absolute Gasteiger partial charge is 0.349 e. The Kier molecular flexibility index (Phi) is 3.19. The Labute approximate surface area is 112 Å². The van der Waals surface area contributed by atoms with Crippen LogP contribution in [0, 0.1) is 5.92 Å². The maximum atomic E-state index is 12.3. The minimum atomic E-state index is -0.0625. The molecule has 0 radical (unpaired) electrons. The molecule has 2 atom stereocenters. The number of amides is 1. The van der Waals surface area contributed by atoms with Crippen molar-refractivity contribution in [2.75, 3.05) is 0 Å². The third kappa shape index (κ3) is 2.32. The van der Waals surface area contributed by atoms with E-state index in [1.54, 1.807) is 29.2 Å². The smallest absolute Gasteiger partial charge is 0.256 e. The van der Waals surface area contributed by atoms with Crippen molar-refractivity contribution in [1.29, 1.82) is 0 Å². The zero-order chi connectivity index (χ0) is 13.2. The van der Waals surface area contributed by atoms with Gasteiger partial charge in [-0.15, -0.1) is 0 Å². The molecule has 0 aromatic carbocycles. The summed E-state index contributed by atoms with van der Waals surface area (Å²) in [6, 6.07) is 2.07. The van der Waals surface area contributed by atoms with E-state index in [0.29, 0.717) is 17.1 Å². The van der Waals surface area contributed by atoms with Crippen molar-refractivity contribution in [3.63, 3.8) is 0 Å². The summed E-state index contributed by atoms with van der Waals surface area (Å²) < 4.78 is 1.62. The quantitative estimate of drug-likeness (QED) is 0.896. The molecular weight excluding hydrogens is 240 g/mol. The van der Waals surface area contributed by atoms with Gasteiger partial charge >= 0.3 is 0 Å². The van der Waals surface area contributed by atoms with Crippen LogP contribution in [0.25, 0.3) is 5.65 Å². The van der Waals surface area contributed by atoms with E-state index in [1.165, 1.54) is 19.3 Å². The molecule has 3 rings (SSSR count). The molecule has 1 amide bonds. The van der Waals surface area contributed by atoms with Gasteiger partial charge in [-0.3, -0.25) is 4.79 Å². The van der Waals surface area contributed by atoms with Crippen molar-refractivity contribution in [1.82, 2.24) is 19.9 Å². The van der Waals surface area contributed by atoms with Gasteiger partial charge in [0.1, 0.15) is 5.56 Å². The second-order valence-electron chi connectivity index (χ2n) is 5.29. The van der Waals surface area contributed by atoms with E-state index in [0.717, 1.165) is 6.42 Å². The predicted molar refractivity (Wildman–Crippen MR) is 71.9 cm³/mol. The molecule has 1 fully saturated rings. The monoisotopic (exact) mass is 258 g/mol. The average molecular weight is 258 g/mol. The SMILES string of the molecule is C[C@@H]1CCCC[C@H]1NC(=O)c1cnn2cccnc12. The molecule has 100 valence electrons. The second-order valence-corrected chi connectivity index (χ2v) is 5.29. The summed E-state index contributed by atoms with van der Waals surface area (Å²) >= 11 is 0. The fourth-order valence-corrected chi connectivity index (χ4v) is 2.76. The van der Waals surface area contributed by atoms with Crippen molar-refractivity contribution < 1.29 is 4.79 Å². The van der Waals surface area contributed by atoms with Gasteiger partial charge in [-0.2, -0.15) is 5.10 Å². The van der Waals surface area contributed by atoms with E-state index in [4.69, 9.17) is 0 Å². The van der Waals surface area contributed by atoms with Crippen LogP contribution in [0.4, 0.5) is 0 Å². The Bertz CT molecular complexity index is 592. The molecule has 2 heterocycles. The van der Waals surface area contributed by atoms with Gasteiger partial charge in [-0.1, -0.05) is 19.8 Å². The summed E-state index contributed by atoms with van der Waals surface area (Å²) in [5.74, 6) is 0.486. The van der Waals surface area contributed by atoms with Crippen LogP contribution >= 0.6 is 0 Å². The first-order valence-corrected chi connectivity index (χ1v) is 6.85. The van der Waals surface area contributed by atoms with Gasteiger partial charge in [0.2, 0.25) is 0 Å². The number of nitrogens with zero attached hydrogens (tertiary/aromatic N) is 3. The highest BCUT2D eigenvalue weighted by atomic mass is 16.1. The summed E-state index contributed by atoms with van der Waals surface area (Å²) in [5, 5.41) is 7.28. The van der Waals surface area contributed by atoms with E-state index in [9.17, 15) is 4.79 Å². The minimum Gasteiger partial charge on any atom is -0.349 e. The molecule has 0 unspecified atom stereocenters. The molecule has 1 aliphatic rings. The van der Waals surface area contributed by atoms with Gasteiger partial charge in [0.15, 0.2) is 5.65 Å². The summed E-state index contributed by atoms with van der Waals surface area (Å²) in [7, 11) is 0. The van der Waals surface area contributed by atoms with Crippen LogP contribution in [0.15, 0.2) is 24.7 Å². The molecule has 1 aliphatic carbocycles. The van der Waals surface area contributed by atoms with Gasteiger partial charge in [0, 0.05) is 18.4 Å². The lowest BCUT2D eigenvalue weighted by Gasteiger charge is -2.29. The number of carbonyl (C=O) groups is 1. The van der Waals surface area contributed by atoms with Gasteiger partial charge < -0.3 is 5.32 Å². The number of aromatic nitrogens is 3. The maximum absolute atomic E-state index is 12.3. The Morgan fingerprint density at radius 2 is 2.26 bits per heavy atom. The van der Waals surface area contributed by atoms with Crippen molar-refractivity contribution in [3.8, 4) is 0 Å². The lowest BCUT2D eigenvalue weighted by molar-refractivity contribution is 0.0912. The zero-order valence-electron chi connectivity index (χ0n) is 11.0. The molecule has 0 bridgehead atoms. The third-order valence-electron chi connectivity index (χ3n) is 3.95. The van der Waals surface area contributed by atoms with E-state index >= 15 is 0 Å². The molecule has 0 spiro atoms. The molecule has 0 saturated heterocycles. The first kappa shape index (κ1) is 12.1.